The molecule has 1 aliphatic heterocycles. The van der Waals surface area contributed by atoms with E-state index in [4.69, 9.17) is 0 Å². The van der Waals surface area contributed by atoms with Crippen LogP contribution >= 0.6 is 0 Å². The Hall–Kier alpha value is -3.21. The Balaban J connectivity index is 1.71. The van der Waals surface area contributed by atoms with Gasteiger partial charge < -0.3 is 10.6 Å². The molecule has 2 N–H and O–H groups in total. The van der Waals surface area contributed by atoms with Crippen LogP contribution in [-0.2, 0) is 9.59 Å². The SMILES string of the molecule is Cc1cc2c(cc1C)NC(=O)[C@H](NC(=O)/C=C/c1ccccc1)C=N2. The van der Waals surface area contributed by atoms with Gasteiger partial charge in [-0.1, -0.05) is 30.3 Å². The summed E-state index contributed by atoms with van der Waals surface area (Å²) in [4.78, 5) is 28.8. The third-order valence-corrected chi connectivity index (χ3v) is 4.04. The van der Waals surface area contributed by atoms with E-state index in [9.17, 15) is 9.59 Å². The van der Waals surface area contributed by atoms with Gasteiger partial charge in [-0.2, -0.15) is 0 Å². The molecule has 3 rings (SSSR count). The average Bonchev–Trinajstić information content (AvgIpc) is 2.74. The Morgan fingerprint density at radius 1 is 1.16 bits per heavy atom. The van der Waals surface area contributed by atoms with Gasteiger partial charge in [-0.15, -0.1) is 0 Å². The predicted molar refractivity (Wildman–Crippen MR) is 100 cm³/mol. The Labute approximate surface area is 146 Å². The molecule has 0 saturated heterocycles. The molecule has 1 heterocycles. The molecule has 0 spiro atoms. The number of nitrogens with one attached hydrogen (secondary N) is 2. The second kappa shape index (κ2) is 7.13. The number of benzene rings is 2. The van der Waals surface area contributed by atoms with Crippen LogP contribution in [0.5, 0.6) is 0 Å². The third kappa shape index (κ3) is 4.01. The summed E-state index contributed by atoms with van der Waals surface area (Å²) in [6.45, 7) is 3.97. The maximum absolute atomic E-state index is 12.3. The summed E-state index contributed by atoms with van der Waals surface area (Å²) in [5, 5.41) is 5.47. The summed E-state index contributed by atoms with van der Waals surface area (Å²) >= 11 is 0. The van der Waals surface area contributed by atoms with Crippen molar-refractivity contribution in [3.63, 3.8) is 0 Å². The molecule has 2 amide bonds. The van der Waals surface area contributed by atoms with Gasteiger partial charge in [-0.25, -0.2) is 0 Å². The molecule has 5 nitrogen and oxygen atoms in total. The van der Waals surface area contributed by atoms with E-state index in [0.717, 1.165) is 16.7 Å². The highest BCUT2D eigenvalue weighted by molar-refractivity contribution is 6.11. The smallest absolute Gasteiger partial charge is 0.252 e. The van der Waals surface area contributed by atoms with Crippen LogP contribution < -0.4 is 10.6 Å². The highest BCUT2D eigenvalue weighted by Gasteiger charge is 2.22. The largest absolute Gasteiger partial charge is 0.336 e. The van der Waals surface area contributed by atoms with Crippen LogP contribution in [-0.4, -0.2) is 24.1 Å². The molecule has 2 aromatic carbocycles. The van der Waals surface area contributed by atoms with Crippen LogP contribution in [0.1, 0.15) is 16.7 Å². The summed E-state index contributed by atoms with van der Waals surface area (Å²) in [5.41, 5.74) is 4.42. The number of rotatable bonds is 3. The lowest BCUT2D eigenvalue weighted by molar-refractivity contribution is -0.122. The zero-order valence-electron chi connectivity index (χ0n) is 14.1. The fourth-order valence-corrected chi connectivity index (χ4v) is 2.48. The number of fused-ring (bicyclic) bond motifs is 1. The summed E-state index contributed by atoms with van der Waals surface area (Å²) in [5.74, 6) is -0.666. The number of carbonyl (C=O) groups excluding carboxylic acids is 2. The van der Waals surface area contributed by atoms with Crippen LogP contribution in [0.15, 0.2) is 53.5 Å². The Kier molecular flexibility index (Phi) is 4.75. The standard InChI is InChI=1S/C20H19N3O2/c1-13-10-16-17(11-14(13)2)23-20(25)18(12-21-16)22-19(24)9-8-15-6-4-3-5-7-15/h3-12,18H,1-2H3,(H,22,24)(H,23,25)/b9-8+/t18-/m1/s1. The van der Waals surface area contributed by atoms with E-state index in [-0.39, 0.29) is 11.8 Å². The predicted octanol–water partition coefficient (Wildman–Crippen LogP) is 3.16. The van der Waals surface area contributed by atoms with Gasteiger partial charge in [-0.05, 0) is 48.7 Å². The van der Waals surface area contributed by atoms with Crippen LogP contribution in [0, 0.1) is 13.8 Å². The van der Waals surface area contributed by atoms with Gasteiger partial charge in [0.2, 0.25) is 5.91 Å². The van der Waals surface area contributed by atoms with Crippen molar-refractivity contribution in [1.82, 2.24) is 5.32 Å². The van der Waals surface area contributed by atoms with Crippen LogP contribution in [0.3, 0.4) is 0 Å². The molecule has 126 valence electrons. The molecule has 0 unspecified atom stereocenters. The van der Waals surface area contributed by atoms with E-state index < -0.39 is 6.04 Å². The van der Waals surface area contributed by atoms with Gasteiger partial charge in [0.15, 0.2) is 0 Å². The van der Waals surface area contributed by atoms with E-state index in [0.29, 0.717) is 11.4 Å². The van der Waals surface area contributed by atoms with Crippen LogP contribution in [0.2, 0.25) is 0 Å². The van der Waals surface area contributed by atoms with E-state index in [1.165, 1.54) is 12.3 Å². The highest BCUT2D eigenvalue weighted by atomic mass is 16.2. The highest BCUT2D eigenvalue weighted by Crippen LogP contribution is 2.29. The van der Waals surface area contributed by atoms with Crippen molar-refractivity contribution < 1.29 is 9.59 Å². The molecule has 0 aromatic heterocycles. The number of anilines is 1. The molecule has 0 saturated carbocycles. The van der Waals surface area contributed by atoms with Crippen molar-refractivity contribution in [3.8, 4) is 0 Å². The number of amides is 2. The lowest BCUT2D eigenvalue weighted by Gasteiger charge is -2.12. The van der Waals surface area contributed by atoms with Gasteiger partial charge >= 0.3 is 0 Å². The second-order valence-corrected chi connectivity index (χ2v) is 5.95. The zero-order chi connectivity index (χ0) is 17.8. The van der Waals surface area contributed by atoms with Crippen molar-refractivity contribution in [2.45, 2.75) is 19.9 Å². The molecule has 0 aliphatic carbocycles. The Morgan fingerprint density at radius 3 is 2.64 bits per heavy atom. The van der Waals surface area contributed by atoms with E-state index in [1.807, 2.05) is 56.3 Å². The number of carbonyl (C=O) groups is 2. The molecular weight excluding hydrogens is 314 g/mol. The molecule has 0 fully saturated rings. The first kappa shape index (κ1) is 16.6. The molecule has 25 heavy (non-hydrogen) atoms. The Bertz CT molecular complexity index is 870. The van der Waals surface area contributed by atoms with Gasteiger partial charge in [0.25, 0.3) is 5.91 Å². The second-order valence-electron chi connectivity index (χ2n) is 5.95. The summed E-state index contributed by atoms with van der Waals surface area (Å²) in [6, 6.07) is 12.5. The third-order valence-electron chi connectivity index (χ3n) is 4.04. The zero-order valence-corrected chi connectivity index (χ0v) is 14.1. The summed E-state index contributed by atoms with van der Waals surface area (Å²) in [6.07, 6.45) is 4.57. The topological polar surface area (TPSA) is 70.6 Å². The lowest BCUT2D eigenvalue weighted by Crippen LogP contribution is -2.43. The number of hydrogen-bond acceptors (Lipinski definition) is 3. The molecule has 1 aliphatic rings. The first-order valence-corrected chi connectivity index (χ1v) is 8.03. The molecule has 0 radical (unpaired) electrons. The van der Waals surface area contributed by atoms with Gasteiger partial charge in [0.05, 0.1) is 11.4 Å². The monoisotopic (exact) mass is 333 g/mol. The van der Waals surface area contributed by atoms with E-state index in [1.54, 1.807) is 6.08 Å². The molecule has 2 aromatic rings. The fourth-order valence-electron chi connectivity index (χ4n) is 2.48. The molecular formula is C20H19N3O2. The fraction of sp³-hybridized carbons (Fsp3) is 0.150. The van der Waals surface area contributed by atoms with Gasteiger partial charge in [0, 0.05) is 12.3 Å². The number of nitrogens with zero attached hydrogens (tertiary/aromatic N) is 1. The lowest BCUT2D eigenvalue weighted by atomic mass is 10.1. The van der Waals surface area contributed by atoms with Gasteiger partial charge in [0.1, 0.15) is 6.04 Å². The minimum atomic E-state index is -0.819. The number of hydrogen-bond donors (Lipinski definition) is 2. The number of aryl methyl sites for hydroxylation is 2. The maximum Gasteiger partial charge on any atom is 0.252 e. The van der Waals surface area contributed by atoms with Crippen LogP contribution in [0.25, 0.3) is 6.08 Å². The normalized spacial score (nSPS) is 16.2. The molecule has 5 heteroatoms. The number of aliphatic imine (C=N–C) groups is 1. The van der Waals surface area contributed by atoms with Crippen molar-refractivity contribution in [2.24, 2.45) is 4.99 Å². The summed E-state index contributed by atoms with van der Waals surface area (Å²) < 4.78 is 0. The van der Waals surface area contributed by atoms with E-state index in [2.05, 4.69) is 15.6 Å². The first-order chi connectivity index (χ1) is 12.0. The van der Waals surface area contributed by atoms with Crippen molar-refractivity contribution in [3.05, 3.63) is 65.2 Å². The first-order valence-electron chi connectivity index (χ1n) is 8.03. The Morgan fingerprint density at radius 2 is 1.88 bits per heavy atom. The molecule has 0 bridgehead atoms. The molecule has 1 atom stereocenters. The minimum absolute atomic E-state index is 0.313. The van der Waals surface area contributed by atoms with Crippen LogP contribution in [0.4, 0.5) is 11.4 Å². The quantitative estimate of drug-likeness (QED) is 0.847. The average molecular weight is 333 g/mol. The van der Waals surface area contributed by atoms with E-state index >= 15 is 0 Å². The van der Waals surface area contributed by atoms with Crippen molar-refractivity contribution in [2.75, 3.05) is 5.32 Å². The maximum atomic E-state index is 12.3. The summed E-state index contributed by atoms with van der Waals surface area (Å²) in [7, 11) is 0. The van der Waals surface area contributed by atoms with Crippen molar-refractivity contribution in [1.29, 1.82) is 0 Å². The van der Waals surface area contributed by atoms with Gasteiger partial charge in [-0.3, -0.25) is 14.6 Å². The van der Waals surface area contributed by atoms with Crippen molar-refractivity contribution >= 4 is 35.5 Å². The minimum Gasteiger partial charge on any atom is -0.336 e.